The molecule has 0 aliphatic carbocycles. The summed E-state index contributed by atoms with van der Waals surface area (Å²) in [6.45, 7) is 2.66. The van der Waals surface area contributed by atoms with Crippen molar-refractivity contribution in [3.05, 3.63) is 30.1 Å². The summed E-state index contributed by atoms with van der Waals surface area (Å²) in [5.74, 6) is 0.167. The molecule has 0 aromatic carbocycles. The Hall–Kier alpha value is -1.50. The van der Waals surface area contributed by atoms with E-state index in [-0.39, 0.29) is 30.3 Å². The number of hydrogen-bond donors (Lipinski definition) is 0. The maximum absolute atomic E-state index is 12.6. The third-order valence-electron chi connectivity index (χ3n) is 5.42. The molecule has 25 heavy (non-hydrogen) atoms. The van der Waals surface area contributed by atoms with Gasteiger partial charge in [0, 0.05) is 25.5 Å². The molecule has 1 aromatic heterocycles. The largest absolute Gasteiger partial charge is 0.374 e. The molecule has 1 unspecified atom stereocenters. The van der Waals surface area contributed by atoms with E-state index < -0.39 is 0 Å². The average Bonchev–Trinajstić information content (AvgIpc) is 3.32. The van der Waals surface area contributed by atoms with Crippen LogP contribution in [0.2, 0.25) is 0 Å². The van der Waals surface area contributed by atoms with Crippen LogP contribution in [0.3, 0.4) is 0 Å². The minimum atomic E-state index is -0.223. The van der Waals surface area contributed by atoms with Crippen LogP contribution >= 0.6 is 0 Å². The second-order valence-electron chi connectivity index (χ2n) is 7.14. The number of pyridine rings is 1. The molecule has 0 radical (unpaired) electrons. The molecule has 3 aliphatic rings. The van der Waals surface area contributed by atoms with Gasteiger partial charge in [-0.05, 0) is 43.7 Å². The molecule has 1 aromatic rings. The monoisotopic (exact) mass is 346 g/mol. The van der Waals surface area contributed by atoms with E-state index in [9.17, 15) is 4.79 Å². The molecule has 3 aliphatic heterocycles. The second kappa shape index (κ2) is 7.81. The van der Waals surface area contributed by atoms with Gasteiger partial charge in [0.2, 0.25) is 0 Å². The summed E-state index contributed by atoms with van der Waals surface area (Å²) in [7, 11) is 0. The zero-order chi connectivity index (χ0) is 17.1. The van der Waals surface area contributed by atoms with E-state index in [1.807, 2.05) is 23.2 Å². The fourth-order valence-electron chi connectivity index (χ4n) is 4.14. The van der Waals surface area contributed by atoms with Crippen LogP contribution in [-0.4, -0.2) is 59.9 Å². The van der Waals surface area contributed by atoms with Gasteiger partial charge >= 0.3 is 0 Å². The van der Waals surface area contributed by atoms with E-state index in [1.54, 1.807) is 6.20 Å². The molecule has 0 bridgehead atoms. The van der Waals surface area contributed by atoms with Gasteiger partial charge in [0.15, 0.2) is 0 Å². The quantitative estimate of drug-likeness (QED) is 0.815. The lowest BCUT2D eigenvalue weighted by Crippen LogP contribution is -2.48. The first kappa shape index (κ1) is 16.9. The second-order valence-corrected chi connectivity index (χ2v) is 7.14. The lowest BCUT2D eigenvalue weighted by atomic mass is 9.99. The van der Waals surface area contributed by atoms with Crippen LogP contribution in [0, 0.1) is 0 Å². The molecular formula is C19H26N2O4. The third kappa shape index (κ3) is 3.86. The van der Waals surface area contributed by atoms with E-state index in [2.05, 4.69) is 4.98 Å². The number of fused-ring (bicyclic) bond motifs is 1. The maximum Gasteiger partial charge on any atom is 0.252 e. The summed E-state index contributed by atoms with van der Waals surface area (Å²) in [5, 5.41) is 0. The predicted molar refractivity (Wildman–Crippen MR) is 90.9 cm³/mol. The van der Waals surface area contributed by atoms with Gasteiger partial charge in [0.05, 0.1) is 31.5 Å². The zero-order valence-corrected chi connectivity index (χ0v) is 14.5. The van der Waals surface area contributed by atoms with Crippen LogP contribution < -0.4 is 0 Å². The number of carbonyl (C=O) groups excluding carboxylic acids is 1. The van der Waals surface area contributed by atoms with Gasteiger partial charge in [-0.15, -0.1) is 0 Å². The van der Waals surface area contributed by atoms with E-state index in [0.717, 1.165) is 44.2 Å². The van der Waals surface area contributed by atoms with E-state index in [1.165, 1.54) is 0 Å². The summed E-state index contributed by atoms with van der Waals surface area (Å²) in [5.41, 5.74) is 1.07. The first-order valence-electron chi connectivity index (χ1n) is 9.35. The van der Waals surface area contributed by atoms with Crippen molar-refractivity contribution in [2.24, 2.45) is 0 Å². The Morgan fingerprint density at radius 2 is 2.28 bits per heavy atom. The van der Waals surface area contributed by atoms with Crippen molar-refractivity contribution in [3.63, 3.8) is 0 Å². The van der Waals surface area contributed by atoms with Crippen molar-refractivity contribution in [1.29, 1.82) is 0 Å². The average molecular weight is 346 g/mol. The molecule has 0 saturated carbocycles. The molecule has 0 N–H and O–H groups in total. The van der Waals surface area contributed by atoms with Gasteiger partial charge in [-0.25, -0.2) is 0 Å². The lowest BCUT2D eigenvalue weighted by Gasteiger charge is -2.36. The number of carbonyl (C=O) groups is 1. The molecule has 1 amide bonds. The highest BCUT2D eigenvalue weighted by Gasteiger charge is 2.44. The summed E-state index contributed by atoms with van der Waals surface area (Å²) in [6.07, 6.45) is 8.32. The Morgan fingerprint density at radius 3 is 3.08 bits per heavy atom. The molecule has 4 atom stereocenters. The number of rotatable bonds is 5. The van der Waals surface area contributed by atoms with Crippen LogP contribution in [0.15, 0.2) is 24.5 Å². The highest BCUT2D eigenvalue weighted by Crippen LogP contribution is 2.33. The Kier molecular flexibility index (Phi) is 5.29. The Morgan fingerprint density at radius 1 is 1.32 bits per heavy atom. The third-order valence-corrected chi connectivity index (χ3v) is 5.42. The minimum absolute atomic E-state index is 0.121. The molecule has 4 heterocycles. The van der Waals surface area contributed by atoms with Gasteiger partial charge in [0.1, 0.15) is 6.10 Å². The lowest BCUT2D eigenvalue weighted by molar-refractivity contribution is -0.148. The van der Waals surface area contributed by atoms with E-state index >= 15 is 0 Å². The molecule has 6 heteroatoms. The van der Waals surface area contributed by atoms with Gasteiger partial charge in [-0.3, -0.25) is 9.78 Å². The van der Waals surface area contributed by atoms with Crippen LogP contribution in [0.1, 0.15) is 37.7 Å². The first-order valence-corrected chi connectivity index (χ1v) is 9.35. The van der Waals surface area contributed by atoms with Crippen molar-refractivity contribution in [1.82, 2.24) is 9.88 Å². The highest BCUT2D eigenvalue weighted by atomic mass is 16.5. The number of hydrogen-bond acceptors (Lipinski definition) is 5. The van der Waals surface area contributed by atoms with Crippen LogP contribution in [0.25, 0.3) is 0 Å². The maximum atomic E-state index is 12.6. The fourth-order valence-corrected chi connectivity index (χ4v) is 4.14. The van der Waals surface area contributed by atoms with Gasteiger partial charge in [-0.2, -0.15) is 0 Å². The molecule has 3 fully saturated rings. The zero-order valence-electron chi connectivity index (χ0n) is 14.5. The summed E-state index contributed by atoms with van der Waals surface area (Å²) in [4.78, 5) is 18.7. The van der Waals surface area contributed by atoms with Crippen molar-refractivity contribution in [2.75, 3.05) is 19.8 Å². The molecular weight excluding hydrogens is 320 g/mol. The standard InChI is InChI=1S/C19H26N2O4/c22-19(18-4-2-10-24-18)21-9-7-17-16(21)6-5-15(25-17)13-23-12-14-3-1-8-20-11-14/h1,3,8,11,15-18H,2,4-7,9-10,12-13H2/t15-,16+,17+,18?/m1/s1. The fraction of sp³-hybridized carbons (Fsp3) is 0.684. The Balaban J connectivity index is 1.25. The predicted octanol–water partition coefficient (Wildman–Crippen LogP) is 1.93. The molecule has 4 rings (SSSR count). The smallest absolute Gasteiger partial charge is 0.252 e. The first-order chi connectivity index (χ1) is 12.3. The van der Waals surface area contributed by atoms with E-state index in [4.69, 9.17) is 14.2 Å². The topological polar surface area (TPSA) is 60.9 Å². The van der Waals surface area contributed by atoms with Crippen molar-refractivity contribution in [3.8, 4) is 0 Å². The van der Waals surface area contributed by atoms with Gasteiger partial charge in [0.25, 0.3) is 5.91 Å². The summed E-state index contributed by atoms with van der Waals surface area (Å²) >= 11 is 0. The normalized spacial score (nSPS) is 31.9. The van der Waals surface area contributed by atoms with Crippen LogP contribution in [0.4, 0.5) is 0 Å². The number of ether oxygens (including phenoxy) is 3. The molecule has 136 valence electrons. The number of likely N-dealkylation sites (tertiary alicyclic amines) is 1. The van der Waals surface area contributed by atoms with E-state index in [0.29, 0.717) is 19.8 Å². The molecule has 0 spiro atoms. The Labute approximate surface area is 148 Å². The van der Waals surface area contributed by atoms with Gasteiger partial charge in [-0.1, -0.05) is 6.07 Å². The Bertz CT molecular complexity index is 576. The summed E-state index contributed by atoms with van der Waals surface area (Å²) < 4.78 is 17.6. The van der Waals surface area contributed by atoms with Crippen LogP contribution in [-0.2, 0) is 25.6 Å². The van der Waals surface area contributed by atoms with Crippen LogP contribution in [0.5, 0.6) is 0 Å². The SMILES string of the molecule is O=C(C1CCCO1)N1CC[C@@H]2O[C@@H](COCc3cccnc3)CC[C@@H]21. The number of amides is 1. The van der Waals surface area contributed by atoms with Crippen molar-refractivity contribution in [2.45, 2.75) is 63.1 Å². The van der Waals surface area contributed by atoms with Gasteiger partial charge < -0.3 is 19.1 Å². The number of aromatic nitrogens is 1. The highest BCUT2D eigenvalue weighted by molar-refractivity contribution is 5.81. The molecule has 3 saturated heterocycles. The minimum Gasteiger partial charge on any atom is -0.374 e. The number of nitrogens with zero attached hydrogens (tertiary/aromatic N) is 2. The van der Waals surface area contributed by atoms with Crippen molar-refractivity contribution < 1.29 is 19.0 Å². The molecule has 6 nitrogen and oxygen atoms in total. The summed E-state index contributed by atoms with van der Waals surface area (Å²) in [6, 6.07) is 4.14. The van der Waals surface area contributed by atoms with Crippen molar-refractivity contribution >= 4 is 5.91 Å².